The Bertz CT molecular complexity index is 567. The van der Waals surface area contributed by atoms with E-state index in [9.17, 15) is 13.2 Å². The van der Waals surface area contributed by atoms with Crippen molar-refractivity contribution in [2.24, 2.45) is 0 Å². The van der Waals surface area contributed by atoms with Gasteiger partial charge in [-0.05, 0) is 34.1 Å². The van der Waals surface area contributed by atoms with Gasteiger partial charge in [-0.2, -0.15) is 8.78 Å². The van der Waals surface area contributed by atoms with Gasteiger partial charge in [-0.25, -0.2) is 14.4 Å². The van der Waals surface area contributed by atoms with E-state index in [0.717, 1.165) is 12.4 Å². The largest absolute Gasteiger partial charge is 0.359 e. The molecule has 0 saturated carbocycles. The highest BCUT2D eigenvalue weighted by Crippen LogP contribution is 2.32. The summed E-state index contributed by atoms with van der Waals surface area (Å²) in [6.07, 6.45) is 2.31. The van der Waals surface area contributed by atoms with E-state index >= 15 is 0 Å². The lowest BCUT2D eigenvalue weighted by atomic mass is 10.1. The van der Waals surface area contributed by atoms with Crippen LogP contribution >= 0.6 is 31.9 Å². The normalized spacial score (nSPS) is 11.6. The Morgan fingerprint density at radius 2 is 1.72 bits per heavy atom. The Morgan fingerprint density at radius 1 is 1.11 bits per heavy atom. The van der Waals surface area contributed by atoms with Gasteiger partial charge in [0.05, 0.1) is 0 Å². The lowest BCUT2D eigenvalue weighted by Crippen LogP contribution is -2.08. The van der Waals surface area contributed by atoms with Crippen LogP contribution in [0.25, 0.3) is 11.1 Å². The summed E-state index contributed by atoms with van der Waals surface area (Å²) in [4.78, 5) is 3.72. The first-order chi connectivity index (χ1) is 8.38. The zero-order valence-corrected chi connectivity index (χ0v) is 11.8. The molecule has 2 nitrogen and oxygen atoms in total. The third-order valence-electron chi connectivity index (χ3n) is 2.14. The molecule has 7 heteroatoms. The van der Waals surface area contributed by atoms with Crippen molar-refractivity contribution in [1.29, 1.82) is 0 Å². The fourth-order valence-electron chi connectivity index (χ4n) is 1.33. The quantitative estimate of drug-likeness (QED) is 0.716. The van der Waals surface area contributed by atoms with Crippen LogP contribution < -0.4 is 0 Å². The molecule has 0 amide bonds. The molecule has 0 radical (unpaired) electrons. The molecule has 2 aromatic rings. The Labute approximate surface area is 118 Å². The molecule has 18 heavy (non-hydrogen) atoms. The standard InChI is InChI=1S/C11H5Br2F3N2/c12-7-1-2-9(14)8(3-7)6-4-17-10(18-5-6)11(13,15)16/h1-5H. The van der Waals surface area contributed by atoms with E-state index in [1.54, 1.807) is 6.07 Å². The van der Waals surface area contributed by atoms with Gasteiger partial charge >= 0.3 is 4.83 Å². The summed E-state index contributed by atoms with van der Waals surface area (Å²) in [5.41, 5.74) is 0.572. The number of halogens is 5. The molecule has 0 bridgehead atoms. The summed E-state index contributed by atoms with van der Waals surface area (Å²) in [6, 6.07) is 4.34. The van der Waals surface area contributed by atoms with Gasteiger partial charge in [0, 0.05) is 28.0 Å². The van der Waals surface area contributed by atoms with Crippen molar-refractivity contribution in [1.82, 2.24) is 9.97 Å². The van der Waals surface area contributed by atoms with E-state index < -0.39 is 16.5 Å². The first kappa shape index (κ1) is 13.5. The molecule has 0 atom stereocenters. The molecule has 1 aromatic heterocycles. The minimum atomic E-state index is -3.29. The predicted octanol–water partition coefficient (Wildman–Crippen LogP) is 4.49. The SMILES string of the molecule is Fc1ccc(Br)cc1-c1cnc(C(F)(F)Br)nc1. The Morgan fingerprint density at radius 3 is 2.28 bits per heavy atom. The van der Waals surface area contributed by atoms with Crippen LogP contribution in [0.5, 0.6) is 0 Å². The molecule has 94 valence electrons. The van der Waals surface area contributed by atoms with Gasteiger partial charge in [0.25, 0.3) is 0 Å². The maximum absolute atomic E-state index is 13.6. The molecule has 2 rings (SSSR count). The second-order valence-corrected chi connectivity index (χ2v) is 5.33. The van der Waals surface area contributed by atoms with Crippen LogP contribution in [0, 0.1) is 5.82 Å². The van der Waals surface area contributed by atoms with Crippen LogP contribution in [0.15, 0.2) is 35.1 Å². The highest BCUT2D eigenvalue weighted by Gasteiger charge is 2.30. The number of rotatable bonds is 2. The second kappa shape index (κ2) is 4.97. The van der Waals surface area contributed by atoms with Crippen molar-refractivity contribution in [2.75, 3.05) is 0 Å². The van der Waals surface area contributed by atoms with E-state index in [2.05, 4.69) is 41.8 Å². The monoisotopic (exact) mass is 380 g/mol. The molecule has 0 aliphatic heterocycles. The van der Waals surface area contributed by atoms with Crippen molar-refractivity contribution in [3.05, 3.63) is 46.7 Å². The van der Waals surface area contributed by atoms with Crippen LogP contribution in [-0.2, 0) is 4.83 Å². The first-order valence-electron chi connectivity index (χ1n) is 4.72. The van der Waals surface area contributed by atoms with Gasteiger partial charge in [-0.1, -0.05) is 15.9 Å². The Hall–Kier alpha value is -0.950. The highest BCUT2D eigenvalue weighted by atomic mass is 79.9. The molecule has 0 unspecified atom stereocenters. The smallest absolute Gasteiger partial charge is 0.234 e. The number of nitrogens with zero attached hydrogens (tertiary/aromatic N) is 2. The maximum atomic E-state index is 13.6. The zero-order valence-electron chi connectivity index (χ0n) is 8.67. The minimum Gasteiger partial charge on any atom is -0.234 e. The summed E-state index contributed by atoms with van der Waals surface area (Å²) in [7, 11) is 0. The lowest BCUT2D eigenvalue weighted by molar-refractivity contribution is 0.104. The van der Waals surface area contributed by atoms with Gasteiger partial charge in [0.2, 0.25) is 5.82 Å². The third-order valence-corrected chi connectivity index (χ3v) is 2.99. The Balaban J connectivity index is 2.43. The van der Waals surface area contributed by atoms with Gasteiger partial charge in [0.1, 0.15) is 5.82 Å². The lowest BCUT2D eigenvalue weighted by Gasteiger charge is -2.08. The molecule has 1 aromatic carbocycles. The van der Waals surface area contributed by atoms with Crippen LogP contribution in [0.1, 0.15) is 5.82 Å². The molecule has 1 heterocycles. The summed E-state index contributed by atoms with van der Waals surface area (Å²) >= 11 is 5.36. The zero-order chi connectivity index (χ0) is 13.3. The maximum Gasteiger partial charge on any atom is 0.359 e. The number of benzene rings is 1. The van der Waals surface area contributed by atoms with Gasteiger partial charge in [0.15, 0.2) is 0 Å². The van der Waals surface area contributed by atoms with Gasteiger partial charge in [-0.3, -0.25) is 0 Å². The van der Waals surface area contributed by atoms with Crippen molar-refractivity contribution in [3.8, 4) is 11.1 Å². The average molecular weight is 382 g/mol. The van der Waals surface area contributed by atoms with Gasteiger partial charge in [-0.15, -0.1) is 0 Å². The van der Waals surface area contributed by atoms with E-state index in [4.69, 9.17) is 0 Å². The average Bonchev–Trinajstić information content (AvgIpc) is 2.31. The predicted molar refractivity (Wildman–Crippen MR) is 67.9 cm³/mol. The van der Waals surface area contributed by atoms with E-state index in [1.807, 2.05) is 0 Å². The molecular formula is C11H5Br2F3N2. The number of hydrogen-bond donors (Lipinski definition) is 0. The fourth-order valence-corrected chi connectivity index (χ4v) is 1.90. The van der Waals surface area contributed by atoms with Crippen molar-refractivity contribution in [2.45, 2.75) is 4.83 Å². The molecule has 0 fully saturated rings. The van der Waals surface area contributed by atoms with Crippen molar-refractivity contribution >= 4 is 31.9 Å². The topological polar surface area (TPSA) is 25.8 Å². The first-order valence-corrected chi connectivity index (χ1v) is 6.31. The summed E-state index contributed by atoms with van der Waals surface area (Å²) in [5, 5.41) is 0. The second-order valence-electron chi connectivity index (χ2n) is 3.42. The minimum absolute atomic E-state index is 0.244. The summed E-state index contributed by atoms with van der Waals surface area (Å²) in [6.45, 7) is 0. The summed E-state index contributed by atoms with van der Waals surface area (Å²) < 4.78 is 39.9. The van der Waals surface area contributed by atoms with Crippen LogP contribution in [0.4, 0.5) is 13.2 Å². The van der Waals surface area contributed by atoms with E-state index in [0.29, 0.717) is 10.0 Å². The molecule has 0 aliphatic rings. The van der Waals surface area contributed by atoms with E-state index in [1.165, 1.54) is 12.1 Å². The molecule has 0 saturated heterocycles. The highest BCUT2D eigenvalue weighted by molar-refractivity contribution is 9.10. The van der Waals surface area contributed by atoms with Gasteiger partial charge < -0.3 is 0 Å². The van der Waals surface area contributed by atoms with Crippen molar-refractivity contribution < 1.29 is 13.2 Å². The third kappa shape index (κ3) is 2.89. The van der Waals surface area contributed by atoms with E-state index in [-0.39, 0.29) is 5.56 Å². The van der Waals surface area contributed by atoms with Crippen LogP contribution in [0.2, 0.25) is 0 Å². The van der Waals surface area contributed by atoms with Crippen LogP contribution in [0.3, 0.4) is 0 Å². The molecule has 0 N–H and O–H groups in total. The molecule has 0 aliphatic carbocycles. The number of aromatic nitrogens is 2. The van der Waals surface area contributed by atoms with Crippen molar-refractivity contribution in [3.63, 3.8) is 0 Å². The number of alkyl halides is 3. The number of hydrogen-bond acceptors (Lipinski definition) is 2. The molecular weight excluding hydrogens is 377 g/mol. The summed E-state index contributed by atoms with van der Waals surface area (Å²) in [5.74, 6) is -1.14. The van der Waals surface area contributed by atoms with Crippen LogP contribution in [-0.4, -0.2) is 9.97 Å². The fraction of sp³-hybridized carbons (Fsp3) is 0.0909. The Kier molecular flexibility index (Phi) is 3.72. The molecule has 0 spiro atoms.